The van der Waals surface area contributed by atoms with Gasteiger partial charge in [-0.25, -0.2) is 25.3 Å². The average molecular weight is 626 g/mol. The molecule has 0 saturated heterocycles. The van der Waals surface area contributed by atoms with Crippen LogP contribution in [-0.4, -0.2) is 45.1 Å². The van der Waals surface area contributed by atoms with Crippen LogP contribution in [0.4, 0.5) is 0 Å². The van der Waals surface area contributed by atoms with Crippen molar-refractivity contribution in [2.45, 2.75) is 34.5 Å². The molecule has 0 amide bonds. The molecule has 0 aliphatic rings. The summed E-state index contributed by atoms with van der Waals surface area (Å²) in [4.78, 5) is -1.55. The number of hydrogen-bond acceptors (Lipinski definition) is 9. The largest absolute Gasteiger partial charge is 1.00 e. The first-order valence-electron chi connectivity index (χ1n) is 10.3. The maximum absolute atomic E-state index is 11.8. The van der Waals surface area contributed by atoms with Crippen LogP contribution in [0.25, 0.3) is 0 Å². The Balaban J connectivity index is 0.00000456. The molecule has 3 aromatic carbocycles. The molecular formula is C22H21Na3O9PS3+. The molecular weight excluding hydrogens is 604 g/mol. The molecule has 0 radical (unpaired) electrons. The Morgan fingerprint density at radius 3 is 1.11 bits per heavy atom. The monoisotopic (exact) mass is 625 g/mol. The number of rotatable bonds is 9. The quantitative estimate of drug-likeness (QED) is 0.127. The van der Waals surface area contributed by atoms with Gasteiger partial charge in [-0.1, -0.05) is 31.5 Å². The summed E-state index contributed by atoms with van der Waals surface area (Å²) < 4.78 is 106. The van der Waals surface area contributed by atoms with Crippen LogP contribution in [0.5, 0.6) is 0 Å². The van der Waals surface area contributed by atoms with Crippen LogP contribution in [0.15, 0.2) is 87.5 Å². The van der Waals surface area contributed by atoms with Gasteiger partial charge in [0.1, 0.15) is 53.5 Å². The second-order valence-corrected chi connectivity index (χ2v) is 15.5. The van der Waals surface area contributed by atoms with E-state index in [0.29, 0.717) is 34.9 Å². The second-order valence-electron chi connectivity index (χ2n) is 7.74. The number of hydrogen-bond donors (Lipinski definition) is 0. The maximum Gasteiger partial charge on any atom is 1.00 e. The Hall–Kier alpha value is 0.820. The fourth-order valence-corrected chi connectivity index (χ4v) is 10.2. The van der Waals surface area contributed by atoms with Gasteiger partial charge < -0.3 is 13.7 Å². The van der Waals surface area contributed by atoms with Crippen LogP contribution in [0.2, 0.25) is 0 Å². The minimum Gasteiger partial charge on any atom is -0.744 e. The normalized spacial score (nSPS) is 12.0. The summed E-state index contributed by atoms with van der Waals surface area (Å²) in [5, 5.41) is 1.05. The molecule has 0 saturated carbocycles. The smallest absolute Gasteiger partial charge is 0.744 e. The molecule has 0 fully saturated rings. The molecule has 0 heterocycles. The average Bonchev–Trinajstić information content (AvgIpc) is 2.79. The van der Waals surface area contributed by atoms with Crippen molar-refractivity contribution >= 4 is 53.5 Å². The van der Waals surface area contributed by atoms with Gasteiger partial charge in [0.2, 0.25) is 0 Å². The third kappa shape index (κ3) is 9.16. The van der Waals surface area contributed by atoms with E-state index in [0.717, 1.165) is 18.2 Å². The van der Waals surface area contributed by atoms with Crippen molar-refractivity contribution in [1.82, 2.24) is 0 Å². The van der Waals surface area contributed by atoms with Crippen LogP contribution in [0.3, 0.4) is 0 Å². The molecule has 188 valence electrons. The van der Waals surface area contributed by atoms with E-state index in [-0.39, 0.29) is 88.7 Å². The van der Waals surface area contributed by atoms with Gasteiger partial charge in [0.15, 0.2) is 0 Å². The van der Waals surface area contributed by atoms with Gasteiger partial charge in [-0.05, 0) is 61.0 Å². The van der Waals surface area contributed by atoms with Crippen molar-refractivity contribution in [2.24, 2.45) is 0 Å². The van der Waals surface area contributed by atoms with E-state index < -0.39 is 52.3 Å². The van der Waals surface area contributed by atoms with Gasteiger partial charge in [-0.3, -0.25) is 0 Å². The topological polar surface area (TPSA) is 172 Å². The Kier molecular flexibility index (Phi) is 15.7. The van der Waals surface area contributed by atoms with E-state index in [1.807, 2.05) is 6.92 Å². The molecule has 0 spiro atoms. The first-order chi connectivity index (χ1) is 16.2. The van der Waals surface area contributed by atoms with Gasteiger partial charge in [0.25, 0.3) is 0 Å². The van der Waals surface area contributed by atoms with Crippen LogP contribution in [0.1, 0.15) is 19.8 Å². The minimum absolute atomic E-state index is 0. The number of benzene rings is 3. The van der Waals surface area contributed by atoms with Gasteiger partial charge >= 0.3 is 88.7 Å². The summed E-state index contributed by atoms with van der Waals surface area (Å²) >= 11 is 0. The molecule has 0 aliphatic carbocycles. The first-order valence-corrected chi connectivity index (χ1v) is 16.5. The van der Waals surface area contributed by atoms with E-state index in [9.17, 15) is 38.9 Å². The van der Waals surface area contributed by atoms with Crippen LogP contribution >= 0.6 is 7.26 Å². The van der Waals surface area contributed by atoms with E-state index in [2.05, 4.69) is 0 Å². The molecule has 0 aliphatic heterocycles. The summed E-state index contributed by atoms with van der Waals surface area (Å²) in [6.45, 7) is 1.89. The van der Waals surface area contributed by atoms with Crippen molar-refractivity contribution in [2.75, 3.05) is 6.16 Å². The Bertz CT molecular complexity index is 1400. The molecule has 3 aromatic rings. The van der Waals surface area contributed by atoms with Gasteiger partial charge in [0, 0.05) is 0 Å². The van der Waals surface area contributed by atoms with Crippen molar-refractivity contribution in [1.29, 1.82) is 0 Å². The van der Waals surface area contributed by atoms with Gasteiger partial charge in [-0.2, -0.15) is 0 Å². The van der Waals surface area contributed by atoms with Crippen molar-refractivity contribution in [3.05, 3.63) is 72.8 Å². The number of unbranched alkanes of at least 4 members (excludes halogenated alkanes) is 1. The van der Waals surface area contributed by atoms with Crippen molar-refractivity contribution in [3.8, 4) is 0 Å². The Morgan fingerprint density at radius 1 is 0.579 bits per heavy atom. The molecule has 9 nitrogen and oxygen atoms in total. The predicted molar refractivity (Wildman–Crippen MR) is 129 cm³/mol. The second kappa shape index (κ2) is 15.3. The summed E-state index contributed by atoms with van der Waals surface area (Å²) in [6.07, 6.45) is 1.53. The van der Waals surface area contributed by atoms with Crippen LogP contribution < -0.4 is 105 Å². The van der Waals surface area contributed by atoms with Crippen molar-refractivity contribution in [3.63, 3.8) is 0 Å². The fourth-order valence-electron chi connectivity index (χ4n) is 3.86. The molecule has 38 heavy (non-hydrogen) atoms. The SMILES string of the molecule is CCCC[P+](c1cccc(S(=O)(=O)[O-])c1)(c1cccc(S(=O)(=O)[O-])c1)c1cccc(S(=O)(=O)[O-])c1.[Na+].[Na+].[Na+]. The van der Waals surface area contributed by atoms with Crippen LogP contribution in [-0.2, 0) is 30.4 Å². The van der Waals surface area contributed by atoms with Gasteiger partial charge in [0.05, 0.1) is 20.8 Å². The molecule has 16 heteroatoms. The van der Waals surface area contributed by atoms with E-state index in [1.165, 1.54) is 36.4 Å². The van der Waals surface area contributed by atoms with Crippen molar-refractivity contribution < 1.29 is 128 Å². The van der Waals surface area contributed by atoms with E-state index in [4.69, 9.17) is 0 Å². The summed E-state index contributed by atoms with van der Waals surface area (Å²) in [5.41, 5.74) is 0. The van der Waals surface area contributed by atoms with E-state index in [1.54, 1.807) is 18.2 Å². The standard InChI is InChI=1S/C22H23O9PS3.3Na/c1-2-3-13-32(17-7-4-10-20(14-17)33(23,24)25,18-8-5-11-21(15-18)34(26,27)28)19-9-6-12-22(16-19)35(29,30)31;;;/h4-12,14-16H,2-3,13H2,1H3,(H2-,23,24,25,26,27,28,29,30,31);;;/q;3*+1/p-2. The zero-order valence-electron chi connectivity index (χ0n) is 21.4. The summed E-state index contributed by atoms with van der Waals surface area (Å²) in [5.74, 6) is 0. The maximum atomic E-state index is 11.8. The Labute approximate surface area is 290 Å². The predicted octanol–water partition coefficient (Wildman–Crippen LogP) is -7.50. The third-order valence-electron chi connectivity index (χ3n) is 5.49. The van der Waals surface area contributed by atoms with Gasteiger partial charge in [-0.15, -0.1) is 0 Å². The molecule has 0 unspecified atom stereocenters. The Morgan fingerprint density at radius 2 is 0.868 bits per heavy atom. The third-order valence-corrected chi connectivity index (χ3v) is 12.4. The molecule has 3 rings (SSSR count). The summed E-state index contributed by atoms with van der Waals surface area (Å²) in [6, 6.07) is 15.7. The molecule has 0 bridgehead atoms. The molecule has 0 N–H and O–H groups in total. The fraction of sp³-hybridized carbons (Fsp3) is 0.182. The van der Waals surface area contributed by atoms with E-state index >= 15 is 0 Å². The minimum atomic E-state index is -4.86. The zero-order valence-corrected chi connectivity index (χ0v) is 30.7. The molecule has 0 atom stereocenters. The van der Waals surface area contributed by atoms with Crippen LogP contribution in [0, 0.1) is 0 Å². The zero-order chi connectivity index (χ0) is 26.1. The summed E-state index contributed by atoms with van der Waals surface area (Å²) in [7, 11) is -17.6. The first kappa shape index (κ1) is 38.8. The molecule has 0 aromatic heterocycles.